The van der Waals surface area contributed by atoms with Crippen LogP contribution in [-0.2, 0) is 11.0 Å². The van der Waals surface area contributed by atoms with Crippen LogP contribution in [-0.4, -0.2) is 24.4 Å². The third-order valence-corrected chi connectivity index (χ3v) is 3.76. The molecule has 2 amide bonds. The zero-order valence-electron chi connectivity index (χ0n) is 14.0. The molecule has 1 aromatic carbocycles. The third-order valence-electron chi connectivity index (χ3n) is 3.76. The molecule has 0 radical (unpaired) electrons. The predicted molar refractivity (Wildman–Crippen MR) is 87.6 cm³/mol. The van der Waals surface area contributed by atoms with Crippen molar-refractivity contribution in [1.29, 1.82) is 0 Å². The zero-order chi connectivity index (χ0) is 18.3. The Labute approximate surface area is 141 Å². The van der Waals surface area contributed by atoms with Gasteiger partial charge in [-0.3, -0.25) is 9.59 Å². The van der Waals surface area contributed by atoms with Gasteiger partial charge in [0.2, 0.25) is 5.91 Å². The lowest BCUT2D eigenvalue weighted by Crippen LogP contribution is -2.47. The van der Waals surface area contributed by atoms with Gasteiger partial charge in [0.05, 0.1) is 5.56 Å². The number of halogens is 3. The van der Waals surface area contributed by atoms with Gasteiger partial charge in [0.1, 0.15) is 6.04 Å². The highest BCUT2D eigenvalue weighted by Crippen LogP contribution is 2.29. The van der Waals surface area contributed by atoms with Crippen LogP contribution < -0.4 is 10.6 Å². The molecule has 0 spiro atoms. The summed E-state index contributed by atoms with van der Waals surface area (Å²) in [5, 5.41) is 5.18. The van der Waals surface area contributed by atoms with E-state index in [0.717, 1.165) is 18.6 Å². The lowest BCUT2D eigenvalue weighted by atomic mass is 9.98. The van der Waals surface area contributed by atoms with Crippen LogP contribution in [0, 0.1) is 5.92 Å². The van der Waals surface area contributed by atoms with E-state index in [9.17, 15) is 22.8 Å². The molecule has 0 aliphatic carbocycles. The Balaban J connectivity index is 0.00000576. The Hall–Kier alpha value is -2.05. The van der Waals surface area contributed by atoms with Crippen molar-refractivity contribution in [1.82, 2.24) is 10.6 Å². The van der Waals surface area contributed by atoms with Crippen molar-refractivity contribution < 1.29 is 24.2 Å². The second kappa shape index (κ2) is 8.70. The minimum Gasteiger partial charge on any atom is -0.355 e. The third kappa shape index (κ3) is 5.86. The number of nitrogens with one attached hydrogen (secondary N) is 2. The van der Waals surface area contributed by atoms with Gasteiger partial charge in [-0.2, -0.15) is 13.2 Å². The first-order valence-electron chi connectivity index (χ1n) is 7.94. The van der Waals surface area contributed by atoms with Crippen LogP contribution in [0.3, 0.4) is 0 Å². The van der Waals surface area contributed by atoms with Crippen LogP contribution >= 0.6 is 0 Å². The second-order valence-corrected chi connectivity index (χ2v) is 5.75. The van der Waals surface area contributed by atoms with E-state index in [1.165, 1.54) is 12.1 Å². The zero-order valence-corrected chi connectivity index (χ0v) is 14.0. The summed E-state index contributed by atoms with van der Waals surface area (Å²) in [7, 11) is 0. The minimum absolute atomic E-state index is 0. The van der Waals surface area contributed by atoms with Gasteiger partial charge in [-0.25, -0.2) is 0 Å². The van der Waals surface area contributed by atoms with Gasteiger partial charge in [-0.1, -0.05) is 26.3 Å². The number of carbonyl (C=O) groups excluding carboxylic acids is 2. The van der Waals surface area contributed by atoms with Crippen LogP contribution in [0.5, 0.6) is 0 Å². The maximum atomic E-state index is 12.7. The largest absolute Gasteiger partial charge is 0.416 e. The van der Waals surface area contributed by atoms with Crippen LogP contribution in [0.2, 0.25) is 0 Å². The molecule has 7 heteroatoms. The molecule has 24 heavy (non-hydrogen) atoms. The van der Waals surface area contributed by atoms with E-state index < -0.39 is 23.7 Å². The van der Waals surface area contributed by atoms with E-state index in [-0.39, 0.29) is 18.8 Å². The van der Waals surface area contributed by atoms with Crippen LogP contribution in [0.4, 0.5) is 13.2 Å². The van der Waals surface area contributed by atoms with E-state index in [2.05, 4.69) is 10.6 Å². The molecule has 0 bridgehead atoms. The molecule has 0 aliphatic rings. The molecule has 2 atom stereocenters. The van der Waals surface area contributed by atoms with E-state index in [4.69, 9.17) is 0 Å². The van der Waals surface area contributed by atoms with E-state index >= 15 is 0 Å². The fourth-order valence-corrected chi connectivity index (χ4v) is 2.18. The number of amides is 2. The Morgan fingerprint density at radius 3 is 2.46 bits per heavy atom. The topological polar surface area (TPSA) is 58.2 Å². The SMILES string of the molecule is CCNC(=O)[C@H](CC(C)CC)NC(=O)c1cccc(C(F)(F)F)c1.[HH]. The molecule has 0 aliphatic heterocycles. The van der Waals surface area contributed by atoms with E-state index in [1.807, 2.05) is 13.8 Å². The van der Waals surface area contributed by atoms with E-state index in [0.29, 0.717) is 13.0 Å². The second-order valence-electron chi connectivity index (χ2n) is 5.75. The van der Waals surface area contributed by atoms with Crippen molar-refractivity contribution >= 4 is 11.8 Å². The molecule has 2 N–H and O–H groups in total. The van der Waals surface area contributed by atoms with Gasteiger partial charge in [0, 0.05) is 13.5 Å². The number of alkyl halides is 3. The highest BCUT2D eigenvalue weighted by Gasteiger charge is 2.31. The first-order valence-corrected chi connectivity index (χ1v) is 7.94. The van der Waals surface area contributed by atoms with Crippen LogP contribution in [0.15, 0.2) is 24.3 Å². The smallest absolute Gasteiger partial charge is 0.355 e. The van der Waals surface area contributed by atoms with Gasteiger partial charge >= 0.3 is 6.18 Å². The molecule has 0 aromatic heterocycles. The molecule has 4 nitrogen and oxygen atoms in total. The quantitative estimate of drug-likeness (QED) is 0.792. The number of carbonyl (C=O) groups is 2. The Bertz CT molecular complexity index is 579. The number of rotatable bonds is 7. The standard InChI is InChI=1S/C17H23F3N2O2.H2/c1-4-11(3)9-14(16(24)21-5-2)22-15(23)12-7-6-8-13(10-12)17(18,19)20;/h6-8,10-11,14H,4-5,9H2,1-3H3,(H,21,24)(H,22,23);1H/t11?,14-;/m0./s1. The van der Waals surface area contributed by atoms with Crippen molar-refractivity contribution in [2.24, 2.45) is 5.92 Å². The summed E-state index contributed by atoms with van der Waals surface area (Å²) >= 11 is 0. The van der Waals surface area contributed by atoms with Crippen LogP contribution in [0.1, 0.15) is 51.0 Å². The van der Waals surface area contributed by atoms with Gasteiger partial charge in [-0.05, 0) is 37.5 Å². The minimum atomic E-state index is -4.52. The first-order chi connectivity index (χ1) is 11.2. The molecule has 0 heterocycles. The summed E-state index contributed by atoms with van der Waals surface area (Å²) in [5.41, 5.74) is -1.02. The fourth-order valence-electron chi connectivity index (χ4n) is 2.18. The average molecular weight is 346 g/mol. The van der Waals surface area contributed by atoms with E-state index in [1.54, 1.807) is 6.92 Å². The Kier molecular flexibility index (Phi) is 7.25. The number of likely N-dealkylation sites (N-methyl/N-ethyl adjacent to an activating group) is 1. The molecule has 136 valence electrons. The van der Waals surface area contributed by atoms with Crippen molar-refractivity contribution in [3.8, 4) is 0 Å². The molecule has 1 rings (SSSR count). The molecule has 1 unspecified atom stereocenters. The first kappa shape index (κ1) is 20.0. The molecule has 1 aromatic rings. The summed E-state index contributed by atoms with van der Waals surface area (Å²) in [6, 6.07) is 3.38. The number of hydrogen-bond acceptors (Lipinski definition) is 2. The van der Waals surface area contributed by atoms with Crippen LogP contribution in [0.25, 0.3) is 0 Å². The number of hydrogen-bond donors (Lipinski definition) is 2. The lowest BCUT2D eigenvalue weighted by molar-refractivity contribution is -0.137. The number of benzene rings is 1. The molecule has 0 fully saturated rings. The summed E-state index contributed by atoms with van der Waals surface area (Å²) in [4.78, 5) is 24.3. The Morgan fingerprint density at radius 1 is 1.25 bits per heavy atom. The molecule has 0 saturated carbocycles. The van der Waals surface area contributed by atoms with Gasteiger partial charge in [-0.15, -0.1) is 0 Å². The summed E-state index contributed by atoms with van der Waals surface area (Å²) in [6.45, 7) is 6.08. The predicted octanol–water partition coefficient (Wildman–Crippen LogP) is 3.62. The van der Waals surface area contributed by atoms with Crippen molar-refractivity contribution in [3.63, 3.8) is 0 Å². The normalized spacial score (nSPS) is 13.9. The lowest BCUT2D eigenvalue weighted by Gasteiger charge is -2.21. The van der Waals surface area contributed by atoms with Crippen molar-refractivity contribution in [2.75, 3.05) is 6.54 Å². The highest BCUT2D eigenvalue weighted by atomic mass is 19.4. The molecular formula is C17H25F3N2O2. The maximum Gasteiger partial charge on any atom is 0.416 e. The summed E-state index contributed by atoms with van der Waals surface area (Å²) < 4.78 is 38.2. The average Bonchev–Trinajstić information content (AvgIpc) is 2.53. The van der Waals surface area contributed by atoms with Crippen molar-refractivity contribution in [2.45, 2.75) is 45.8 Å². The Morgan fingerprint density at radius 2 is 1.92 bits per heavy atom. The fraction of sp³-hybridized carbons (Fsp3) is 0.529. The summed E-state index contributed by atoms with van der Waals surface area (Å²) in [6.07, 6.45) is -3.27. The monoisotopic (exact) mass is 346 g/mol. The van der Waals surface area contributed by atoms with Gasteiger partial charge in [0.25, 0.3) is 5.91 Å². The maximum absolute atomic E-state index is 12.7. The van der Waals surface area contributed by atoms with Crippen molar-refractivity contribution in [3.05, 3.63) is 35.4 Å². The molecular weight excluding hydrogens is 321 g/mol. The van der Waals surface area contributed by atoms with Gasteiger partial charge < -0.3 is 10.6 Å². The highest BCUT2D eigenvalue weighted by molar-refractivity contribution is 5.97. The van der Waals surface area contributed by atoms with Gasteiger partial charge in [0.15, 0.2) is 0 Å². The summed E-state index contributed by atoms with van der Waals surface area (Å²) in [5.74, 6) is -0.835. The molecule has 0 saturated heterocycles.